The molecule has 0 aliphatic carbocycles. The molecule has 2 atom stereocenters. The standard InChI is InChI=1S/C9H9ClO2/c10-7-3-1-2-6(4-7)9-8(5-11)12-9/h1-4,8-9,11H,5H2. The fourth-order valence-electron chi connectivity index (χ4n) is 1.26. The van der Waals surface area contributed by atoms with E-state index in [2.05, 4.69) is 0 Å². The number of aliphatic hydroxyl groups is 1. The van der Waals surface area contributed by atoms with Crippen LogP contribution in [0.5, 0.6) is 0 Å². The molecule has 1 N–H and O–H groups in total. The second-order valence-corrected chi connectivity index (χ2v) is 3.27. The molecule has 0 bridgehead atoms. The highest BCUT2D eigenvalue weighted by Crippen LogP contribution is 2.38. The van der Waals surface area contributed by atoms with Crippen molar-refractivity contribution in [3.05, 3.63) is 34.9 Å². The van der Waals surface area contributed by atoms with Crippen LogP contribution in [-0.2, 0) is 4.74 Å². The first kappa shape index (κ1) is 8.05. The molecule has 1 saturated heterocycles. The molecule has 0 spiro atoms. The summed E-state index contributed by atoms with van der Waals surface area (Å²) < 4.78 is 5.20. The summed E-state index contributed by atoms with van der Waals surface area (Å²) in [5.41, 5.74) is 1.04. The molecule has 0 aromatic heterocycles. The third-order valence-corrected chi connectivity index (χ3v) is 2.17. The molecule has 64 valence electrons. The first-order chi connectivity index (χ1) is 5.81. The fraction of sp³-hybridized carbons (Fsp3) is 0.333. The van der Waals surface area contributed by atoms with Crippen LogP contribution in [0.2, 0.25) is 5.02 Å². The van der Waals surface area contributed by atoms with Gasteiger partial charge in [-0.1, -0.05) is 23.7 Å². The molecule has 2 rings (SSSR count). The molecule has 1 aliphatic heterocycles. The first-order valence-corrected chi connectivity index (χ1v) is 4.21. The zero-order valence-electron chi connectivity index (χ0n) is 6.40. The second kappa shape index (κ2) is 3.05. The van der Waals surface area contributed by atoms with Gasteiger partial charge in [0.1, 0.15) is 12.2 Å². The van der Waals surface area contributed by atoms with Crippen LogP contribution < -0.4 is 0 Å². The molecule has 2 nitrogen and oxygen atoms in total. The summed E-state index contributed by atoms with van der Waals surface area (Å²) in [6, 6.07) is 7.52. The van der Waals surface area contributed by atoms with E-state index in [0.29, 0.717) is 5.02 Å². The molecule has 0 radical (unpaired) electrons. The maximum Gasteiger partial charge on any atom is 0.112 e. The van der Waals surface area contributed by atoms with Gasteiger partial charge in [-0.3, -0.25) is 0 Å². The summed E-state index contributed by atoms with van der Waals surface area (Å²) in [7, 11) is 0. The minimum absolute atomic E-state index is 0.0246. The summed E-state index contributed by atoms with van der Waals surface area (Å²) in [5.74, 6) is 0. The zero-order valence-corrected chi connectivity index (χ0v) is 7.16. The largest absolute Gasteiger partial charge is 0.394 e. The highest BCUT2D eigenvalue weighted by molar-refractivity contribution is 6.30. The maximum absolute atomic E-state index is 8.75. The molecule has 0 amide bonds. The highest BCUT2D eigenvalue weighted by Gasteiger charge is 2.39. The van der Waals surface area contributed by atoms with Gasteiger partial charge in [0, 0.05) is 5.02 Å². The molecule has 1 aromatic carbocycles. The van der Waals surface area contributed by atoms with Crippen molar-refractivity contribution in [1.29, 1.82) is 0 Å². The average Bonchev–Trinajstić information content (AvgIpc) is 2.83. The molecule has 2 unspecified atom stereocenters. The van der Waals surface area contributed by atoms with E-state index in [4.69, 9.17) is 21.4 Å². The van der Waals surface area contributed by atoms with Crippen molar-refractivity contribution in [2.45, 2.75) is 12.2 Å². The van der Waals surface area contributed by atoms with Crippen molar-refractivity contribution in [2.24, 2.45) is 0 Å². The van der Waals surface area contributed by atoms with Crippen LogP contribution in [0, 0.1) is 0 Å². The van der Waals surface area contributed by atoms with Gasteiger partial charge in [0.05, 0.1) is 6.61 Å². The third kappa shape index (κ3) is 1.46. The number of epoxide rings is 1. The maximum atomic E-state index is 8.75. The topological polar surface area (TPSA) is 32.8 Å². The van der Waals surface area contributed by atoms with Crippen LogP contribution in [0.25, 0.3) is 0 Å². The predicted molar refractivity (Wildman–Crippen MR) is 46.2 cm³/mol. The number of ether oxygens (including phenoxy) is 1. The van der Waals surface area contributed by atoms with Crippen molar-refractivity contribution in [1.82, 2.24) is 0 Å². The van der Waals surface area contributed by atoms with E-state index in [-0.39, 0.29) is 18.8 Å². The van der Waals surface area contributed by atoms with Crippen LogP contribution in [0.3, 0.4) is 0 Å². The van der Waals surface area contributed by atoms with Gasteiger partial charge >= 0.3 is 0 Å². The number of hydrogen-bond donors (Lipinski definition) is 1. The van der Waals surface area contributed by atoms with E-state index in [9.17, 15) is 0 Å². The summed E-state index contributed by atoms with van der Waals surface area (Å²) in [5, 5.41) is 9.46. The van der Waals surface area contributed by atoms with Crippen LogP contribution in [0.4, 0.5) is 0 Å². The van der Waals surface area contributed by atoms with Gasteiger partial charge in [-0.25, -0.2) is 0 Å². The van der Waals surface area contributed by atoms with Crippen LogP contribution >= 0.6 is 11.6 Å². The quantitative estimate of drug-likeness (QED) is 0.711. The van der Waals surface area contributed by atoms with Crippen molar-refractivity contribution >= 4 is 11.6 Å². The Morgan fingerprint density at radius 1 is 1.50 bits per heavy atom. The summed E-state index contributed by atoms with van der Waals surface area (Å²) in [6.07, 6.45) is 0.0252. The van der Waals surface area contributed by atoms with Crippen LogP contribution in [-0.4, -0.2) is 17.8 Å². The summed E-state index contributed by atoms with van der Waals surface area (Å²) in [6.45, 7) is 0.0805. The third-order valence-electron chi connectivity index (χ3n) is 1.94. The Kier molecular flexibility index (Phi) is 2.05. The van der Waals surface area contributed by atoms with Gasteiger partial charge < -0.3 is 9.84 Å². The van der Waals surface area contributed by atoms with Gasteiger partial charge in [0.25, 0.3) is 0 Å². The van der Waals surface area contributed by atoms with Crippen molar-refractivity contribution < 1.29 is 9.84 Å². The van der Waals surface area contributed by atoms with Crippen molar-refractivity contribution in [3.8, 4) is 0 Å². The second-order valence-electron chi connectivity index (χ2n) is 2.83. The van der Waals surface area contributed by atoms with E-state index >= 15 is 0 Å². The molecule has 1 aromatic rings. The molecule has 3 heteroatoms. The summed E-state index contributed by atoms with van der Waals surface area (Å²) >= 11 is 5.79. The van der Waals surface area contributed by atoms with Crippen molar-refractivity contribution in [2.75, 3.05) is 6.61 Å². The van der Waals surface area contributed by atoms with Gasteiger partial charge in [-0.2, -0.15) is 0 Å². The molecular formula is C9H9ClO2. The van der Waals surface area contributed by atoms with Gasteiger partial charge in [-0.15, -0.1) is 0 Å². The lowest BCUT2D eigenvalue weighted by Gasteiger charge is -1.95. The van der Waals surface area contributed by atoms with Gasteiger partial charge in [0.15, 0.2) is 0 Å². The van der Waals surface area contributed by atoms with E-state index in [1.165, 1.54) is 0 Å². The van der Waals surface area contributed by atoms with E-state index in [1.807, 2.05) is 24.3 Å². The Morgan fingerprint density at radius 3 is 2.92 bits per heavy atom. The number of aliphatic hydroxyl groups excluding tert-OH is 1. The van der Waals surface area contributed by atoms with E-state index in [1.54, 1.807) is 0 Å². The van der Waals surface area contributed by atoms with Gasteiger partial charge in [-0.05, 0) is 17.7 Å². The fourth-order valence-corrected chi connectivity index (χ4v) is 1.46. The molecule has 1 fully saturated rings. The lowest BCUT2D eigenvalue weighted by Crippen LogP contribution is -1.93. The number of benzene rings is 1. The zero-order chi connectivity index (χ0) is 8.55. The van der Waals surface area contributed by atoms with Crippen molar-refractivity contribution in [3.63, 3.8) is 0 Å². The van der Waals surface area contributed by atoms with Gasteiger partial charge in [0.2, 0.25) is 0 Å². The molecule has 1 aliphatic rings. The minimum atomic E-state index is -0.0246. The molecule has 1 heterocycles. The Balaban J connectivity index is 2.14. The Morgan fingerprint density at radius 2 is 2.33 bits per heavy atom. The SMILES string of the molecule is OCC1OC1c1cccc(Cl)c1. The van der Waals surface area contributed by atoms with Crippen LogP contribution in [0.15, 0.2) is 24.3 Å². The predicted octanol–water partition coefficient (Wildman–Crippen LogP) is 1.77. The minimum Gasteiger partial charge on any atom is -0.394 e. The Bertz CT molecular complexity index is 288. The van der Waals surface area contributed by atoms with E-state index in [0.717, 1.165) is 5.56 Å². The Hall–Kier alpha value is -0.570. The summed E-state index contributed by atoms with van der Waals surface area (Å²) in [4.78, 5) is 0. The lowest BCUT2D eigenvalue weighted by molar-refractivity contribution is 0.242. The number of halogens is 1. The molecular weight excluding hydrogens is 176 g/mol. The van der Waals surface area contributed by atoms with E-state index < -0.39 is 0 Å². The number of rotatable bonds is 2. The van der Waals surface area contributed by atoms with Crippen LogP contribution in [0.1, 0.15) is 11.7 Å². The normalized spacial score (nSPS) is 27.2. The lowest BCUT2D eigenvalue weighted by atomic mass is 10.1. The Labute approximate surface area is 75.7 Å². The number of hydrogen-bond acceptors (Lipinski definition) is 2. The average molecular weight is 185 g/mol. The smallest absolute Gasteiger partial charge is 0.112 e. The first-order valence-electron chi connectivity index (χ1n) is 3.83. The monoisotopic (exact) mass is 184 g/mol. The molecule has 12 heavy (non-hydrogen) atoms. The molecule has 0 saturated carbocycles. The highest BCUT2D eigenvalue weighted by atomic mass is 35.5.